The lowest BCUT2D eigenvalue weighted by Gasteiger charge is -2.23. The first-order chi connectivity index (χ1) is 15.0. The third kappa shape index (κ3) is 4.62. The van der Waals surface area contributed by atoms with Crippen molar-refractivity contribution in [3.05, 3.63) is 103 Å². The molecule has 0 saturated heterocycles. The Balaban J connectivity index is 1.79. The van der Waals surface area contributed by atoms with Gasteiger partial charge >= 0.3 is 0 Å². The van der Waals surface area contributed by atoms with E-state index in [1.165, 1.54) is 0 Å². The van der Waals surface area contributed by atoms with E-state index in [1.807, 2.05) is 91.6 Å². The smallest absolute Gasteiger partial charge is 0.262 e. The molecule has 3 aromatic rings. The van der Waals surface area contributed by atoms with Gasteiger partial charge in [-0.25, -0.2) is 0 Å². The predicted molar refractivity (Wildman–Crippen MR) is 139 cm³/mol. The lowest BCUT2D eigenvalue weighted by molar-refractivity contribution is -0.113. The number of hydrogen-bond donors (Lipinski definition) is 0. The van der Waals surface area contributed by atoms with E-state index in [1.54, 1.807) is 0 Å². The van der Waals surface area contributed by atoms with Crippen LogP contribution in [0.3, 0.4) is 0 Å². The number of rotatable bonds is 5. The largest absolute Gasteiger partial charge is 0.493 e. The average Bonchev–Trinajstić information content (AvgIpc) is 3.07. The van der Waals surface area contributed by atoms with Crippen molar-refractivity contribution in [3.63, 3.8) is 0 Å². The van der Waals surface area contributed by atoms with Crippen LogP contribution in [0.1, 0.15) is 23.6 Å². The number of amides is 1. The van der Waals surface area contributed by atoms with Crippen LogP contribution in [-0.2, 0) is 4.79 Å². The zero-order valence-corrected chi connectivity index (χ0v) is 21.0. The third-order valence-electron chi connectivity index (χ3n) is 5.03. The van der Waals surface area contributed by atoms with Crippen LogP contribution in [0.4, 0.5) is 5.69 Å². The fourth-order valence-electron chi connectivity index (χ4n) is 3.60. The van der Waals surface area contributed by atoms with Gasteiger partial charge in [0.2, 0.25) is 0 Å². The minimum absolute atomic E-state index is 0.0341. The van der Waals surface area contributed by atoms with Crippen molar-refractivity contribution in [2.24, 2.45) is 0 Å². The highest BCUT2D eigenvalue weighted by molar-refractivity contribution is 14.1. The maximum Gasteiger partial charge on any atom is 0.262 e. The van der Waals surface area contributed by atoms with Crippen molar-refractivity contribution in [1.82, 2.24) is 0 Å². The van der Waals surface area contributed by atoms with Crippen molar-refractivity contribution in [2.45, 2.75) is 13.8 Å². The van der Waals surface area contributed by atoms with E-state index in [2.05, 4.69) is 44.6 Å². The summed E-state index contributed by atoms with van der Waals surface area (Å²) in [5.41, 5.74) is 5.43. The van der Waals surface area contributed by atoms with Crippen molar-refractivity contribution in [1.29, 1.82) is 0 Å². The number of ether oxygens (including phenoxy) is 1. The van der Waals surface area contributed by atoms with E-state index in [4.69, 9.17) is 4.74 Å². The molecule has 1 aliphatic rings. The molecule has 0 unspecified atom stereocenters. The summed E-state index contributed by atoms with van der Waals surface area (Å²) in [7, 11) is 0. The van der Waals surface area contributed by atoms with Crippen LogP contribution in [0.25, 0.3) is 11.8 Å². The van der Waals surface area contributed by atoms with Gasteiger partial charge in [-0.15, -0.1) is 0 Å². The van der Waals surface area contributed by atoms with E-state index in [0.29, 0.717) is 12.2 Å². The number of benzene rings is 3. The highest BCUT2D eigenvalue weighted by atomic mass is 127. The molecule has 0 aromatic heterocycles. The van der Waals surface area contributed by atoms with Crippen molar-refractivity contribution < 1.29 is 9.53 Å². The van der Waals surface area contributed by atoms with E-state index in [9.17, 15) is 4.79 Å². The van der Waals surface area contributed by atoms with Crippen molar-refractivity contribution in [3.8, 4) is 5.75 Å². The second-order valence-corrected chi connectivity index (χ2v) is 9.29. The summed E-state index contributed by atoms with van der Waals surface area (Å²) >= 11 is 5.85. The first-order valence-corrected chi connectivity index (χ1v) is 11.9. The van der Waals surface area contributed by atoms with Crippen LogP contribution >= 0.6 is 38.5 Å². The first-order valence-electron chi connectivity index (χ1n) is 9.99. The Labute approximate surface area is 204 Å². The molecule has 1 heterocycles. The standard InChI is InChI=1S/C26H21BrINO2/c1-3-31-25-12-9-18(15-22(25)27)14-20-16-24(19-7-5-4-6-8-19)29(26(20)30)23-11-10-21(28)13-17(23)2/h4-16H,3H2,1-2H3/b20-14+. The zero-order valence-electron chi connectivity index (χ0n) is 17.2. The van der Waals surface area contributed by atoms with Gasteiger partial charge < -0.3 is 4.74 Å². The average molecular weight is 586 g/mol. The summed E-state index contributed by atoms with van der Waals surface area (Å²) in [6.45, 7) is 4.60. The molecule has 0 aliphatic carbocycles. The molecule has 0 radical (unpaired) electrons. The fourth-order valence-corrected chi connectivity index (χ4v) is 4.76. The number of anilines is 1. The molecular formula is C26H21BrINO2. The minimum atomic E-state index is -0.0341. The minimum Gasteiger partial charge on any atom is -0.493 e. The van der Waals surface area contributed by atoms with Crippen LogP contribution in [-0.4, -0.2) is 12.5 Å². The lowest BCUT2D eigenvalue weighted by Crippen LogP contribution is -2.25. The molecule has 0 atom stereocenters. The van der Waals surface area contributed by atoms with Crippen molar-refractivity contribution in [2.75, 3.05) is 11.5 Å². The van der Waals surface area contributed by atoms with Gasteiger partial charge in [0.1, 0.15) is 5.75 Å². The molecular weight excluding hydrogens is 565 g/mol. The molecule has 0 saturated carbocycles. The summed E-state index contributed by atoms with van der Waals surface area (Å²) in [6.07, 6.45) is 3.90. The zero-order chi connectivity index (χ0) is 22.0. The number of halogens is 2. The predicted octanol–water partition coefficient (Wildman–Crippen LogP) is 7.23. The van der Waals surface area contributed by atoms with Gasteiger partial charge in [0, 0.05) is 9.14 Å². The molecule has 0 bridgehead atoms. The maximum absolute atomic E-state index is 13.6. The van der Waals surface area contributed by atoms with Gasteiger partial charge in [-0.05, 0) is 112 Å². The summed E-state index contributed by atoms with van der Waals surface area (Å²) in [5.74, 6) is 0.757. The topological polar surface area (TPSA) is 29.5 Å². The summed E-state index contributed by atoms with van der Waals surface area (Å²) in [4.78, 5) is 15.4. The Hall–Kier alpha value is -2.38. The highest BCUT2D eigenvalue weighted by Gasteiger charge is 2.31. The Morgan fingerprint density at radius 1 is 1.06 bits per heavy atom. The quantitative estimate of drug-likeness (QED) is 0.233. The van der Waals surface area contributed by atoms with Gasteiger partial charge in [0.25, 0.3) is 5.91 Å². The number of carbonyl (C=O) groups excluding carboxylic acids is 1. The molecule has 0 spiro atoms. The molecule has 3 nitrogen and oxygen atoms in total. The summed E-state index contributed by atoms with van der Waals surface area (Å²) in [6, 6.07) is 22.0. The molecule has 3 aromatic carbocycles. The van der Waals surface area contributed by atoms with Gasteiger partial charge in [-0.2, -0.15) is 0 Å². The maximum atomic E-state index is 13.6. The van der Waals surface area contributed by atoms with Gasteiger partial charge in [-0.1, -0.05) is 36.4 Å². The van der Waals surface area contributed by atoms with E-state index >= 15 is 0 Å². The third-order valence-corrected chi connectivity index (χ3v) is 6.32. The molecule has 0 fully saturated rings. The summed E-state index contributed by atoms with van der Waals surface area (Å²) in [5, 5.41) is 0. The number of carbonyl (C=O) groups is 1. The second kappa shape index (κ2) is 9.40. The molecule has 1 amide bonds. The molecule has 0 N–H and O–H groups in total. The summed E-state index contributed by atoms with van der Waals surface area (Å²) < 4.78 is 7.61. The monoisotopic (exact) mass is 585 g/mol. The second-order valence-electron chi connectivity index (χ2n) is 7.19. The first kappa shape index (κ1) is 21.8. The Bertz CT molecular complexity index is 1200. The van der Waals surface area contributed by atoms with Crippen LogP contribution in [0.2, 0.25) is 0 Å². The van der Waals surface area contributed by atoms with E-state index in [-0.39, 0.29) is 5.91 Å². The molecule has 1 aliphatic heterocycles. The fraction of sp³-hybridized carbons (Fsp3) is 0.115. The SMILES string of the molecule is CCOc1ccc(/C=C2\C=C(c3ccccc3)N(c3ccc(I)cc3C)C2=O)cc1Br. The molecule has 156 valence electrons. The van der Waals surface area contributed by atoms with Crippen LogP contribution < -0.4 is 9.64 Å². The normalized spacial score (nSPS) is 14.8. The van der Waals surface area contributed by atoms with Gasteiger partial charge in [0.05, 0.1) is 22.5 Å². The number of hydrogen-bond acceptors (Lipinski definition) is 2. The van der Waals surface area contributed by atoms with Crippen LogP contribution in [0.5, 0.6) is 5.75 Å². The molecule has 31 heavy (non-hydrogen) atoms. The van der Waals surface area contributed by atoms with E-state index < -0.39 is 0 Å². The lowest BCUT2D eigenvalue weighted by atomic mass is 10.1. The van der Waals surface area contributed by atoms with Crippen LogP contribution in [0.15, 0.2) is 82.9 Å². The molecule has 4 rings (SSSR count). The Kier molecular flexibility index (Phi) is 6.62. The van der Waals surface area contributed by atoms with Crippen LogP contribution in [0, 0.1) is 10.5 Å². The van der Waals surface area contributed by atoms with Gasteiger partial charge in [0.15, 0.2) is 0 Å². The Morgan fingerprint density at radius 3 is 2.52 bits per heavy atom. The van der Waals surface area contributed by atoms with Crippen molar-refractivity contribution >= 4 is 61.9 Å². The molecule has 5 heteroatoms. The number of nitrogens with zero attached hydrogens (tertiary/aromatic N) is 1. The number of aryl methyl sites for hydroxylation is 1. The van der Waals surface area contributed by atoms with Gasteiger partial charge in [-0.3, -0.25) is 9.69 Å². The Morgan fingerprint density at radius 2 is 1.84 bits per heavy atom. The highest BCUT2D eigenvalue weighted by Crippen LogP contribution is 2.37. The van der Waals surface area contributed by atoms with E-state index in [0.717, 1.165) is 41.9 Å².